The van der Waals surface area contributed by atoms with Crippen LogP contribution in [0, 0.1) is 6.92 Å². The topological polar surface area (TPSA) is 72.3 Å². The number of aromatic amines is 1. The Bertz CT molecular complexity index is 1250. The Morgan fingerprint density at radius 2 is 1.75 bits per heavy atom. The molecule has 2 aromatic carbocycles. The van der Waals surface area contributed by atoms with Gasteiger partial charge in [-0.15, -0.1) is 0 Å². The molecule has 0 aliphatic heterocycles. The molecule has 0 saturated carbocycles. The molecule has 136 valence electrons. The Morgan fingerprint density at radius 1 is 0.929 bits per heavy atom. The molecule has 0 unspecified atom stereocenters. The maximum absolute atomic E-state index is 4.82. The molecule has 0 amide bonds. The first-order valence-electron chi connectivity index (χ1n) is 9.14. The maximum atomic E-state index is 4.82. The molecule has 0 atom stereocenters. The number of benzene rings is 2. The number of hydrogen-bond donors (Lipinski definition) is 1. The van der Waals surface area contributed by atoms with Gasteiger partial charge in [-0.25, -0.2) is 14.6 Å². The van der Waals surface area contributed by atoms with Crippen molar-refractivity contribution in [1.29, 1.82) is 0 Å². The Kier molecular flexibility index (Phi) is 3.94. The van der Waals surface area contributed by atoms with Crippen LogP contribution >= 0.6 is 0 Å². The van der Waals surface area contributed by atoms with Crippen LogP contribution in [0.5, 0.6) is 0 Å². The zero-order valence-electron chi connectivity index (χ0n) is 15.4. The number of nitrogens with one attached hydrogen (secondary N) is 1. The number of aryl methyl sites for hydroxylation is 1. The number of fused-ring (bicyclic) bond motifs is 1. The van der Waals surface area contributed by atoms with Crippen molar-refractivity contribution in [3.63, 3.8) is 0 Å². The maximum Gasteiger partial charge on any atom is 0.181 e. The van der Waals surface area contributed by atoms with Gasteiger partial charge in [0.1, 0.15) is 5.69 Å². The number of pyridine rings is 1. The Labute approximate surface area is 161 Å². The van der Waals surface area contributed by atoms with E-state index < -0.39 is 0 Å². The standard InChI is InChI=1S/C22H18N6/c1-15-8-5-6-11-17(15)14-28-22-18(12-7-13-23-22)19(27-28)21-24-20(25-26-21)16-9-3-2-4-10-16/h2-13H,14H2,1H3,(H,24,25,26). The van der Waals surface area contributed by atoms with Crippen LogP contribution in [0.15, 0.2) is 72.9 Å². The third-order valence-electron chi connectivity index (χ3n) is 4.83. The van der Waals surface area contributed by atoms with Crippen LogP contribution < -0.4 is 0 Å². The van der Waals surface area contributed by atoms with Crippen molar-refractivity contribution in [3.8, 4) is 22.9 Å². The summed E-state index contributed by atoms with van der Waals surface area (Å²) >= 11 is 0. The molecule has 0 saturated heterocycles. The lowest BCUT2D eigenvalue weighted by molar-refractivity contribution is 0.702. The Balaban J connectivity index is 1.59. The van der Waals surface area contributed by atoms with Crippen LogP contribution in [-0.4, -0.2) is 29.9 Å². The predicted octanol–water partition coefficient (Wildman–Crippen LogP) is 4.24. The van der Waals surface area contributed by atoms with E-state index in [4.69, 9.17) is 5.10 Å². The third kappa shape index (κ3) is 2.85. The van der Waals surface area contributed by atoms with Crippen LogP contribution in [0.25, 0.3) is 33.9 Å². The molecule has 0 fully saturated rings. The highest BCUT2D eigenvalue weighted by molar-refractivity contribution is 5.89. The molecule has 0 aliphatic carbocycles. The summed E-state index contributed by atoms with van der Waals surface area (Å²) in [5.74, 6) is 1.29. The van der Waals surface area contributed by atoms with E-state index in [-0.39, 0.29) is 0 Å². The van der Waals surface area contributed by atoms with Crippen molar-refractivity contribution in [2.24, 2.45) is 0 Å². The molecule has 0 radical (unpaired) electrons. The molecule has 3 heterocycles. The van der Waals surface area contributed by atoms with E-state index in [0.717, 1.165) is 22.3 Å². The largest absolute Gasteiger partial charge is 0.257 e. The summed E-state index contributed by atoms with van der Waals surface area (Å²) in [5.41, 5.74) is 5.00. The number of hydrogen-bond acceptors (Lipinski definition) is 4. The lowest BCUT2D eigenvalue weighted by Crippen LogP contribution is -2.04. The average molecular weight is 366 g/mol. The second-order valence-corrected chi connectivity index (χ2v) is 6.68. The van der Waals surface area contributed by atoms with Gasteiger partial charge in [0.05, 0.1) is 11.9 Å². The van der Waals surface area contributed by atoms with Crippen molar-refractivity contribution in [1.82, 2.24) is 29.9 Å². The third-order valence-corrected chi connectivity index (χ3v) is 4.83. The fourth-order valence-electron chi connectivity index (χ4n) is 3.33. The summed E-state index contributed by atoms with van der Waals surface area (Å²) in [6, 6.07) is 22.2. The van der Waals surface area contributed by atoms with Gasteiger partial charge < -0.3 is 0 Å². The molecular weight excluding hydrogens is 348 g/mol. The molecule has 5 rings (SSSR count). The Hall–Kier alpha value is -3.80. The van der Waals surface area contributed by atoms with Gasteiger partial charge in [-0.1, -0.05) is 54.6 Å². The van der Waals surface area contributed by atoms with E-state index in [9.17, 15) is 0 Å². The molecule has 6 heteroatoms. The van der Waals surface area contributed by atoms with Crippen LogP contribution in [0.3, 0.4) is 0 Å². The quantitative estimate of drug-likeness (QED) is 0.516. The van der Waals surface area contributed by atoms with Gasteiger partial charge in [0, 0.05) is 11.8 Å². The second-order valence-electron chi connectivity index (χ2n) is 6.68. The average Bonchev–Trinajstić information content (AvgIpc) is 3.36. The zero-order chi connectivity index (χ0) is 18.9. The molecular formula is C22H18N6. The summed E-state index contributed by atoms with van der Waals surface area (Å²) in [5, 5.41) is 13.2. The Morgan fingerprint density at radius 3 is 2.61 bits per heavy atom. The number of aromatic nitrogens is 6. The van der Waals surface area contributed by atoms with Crippen LogP contribution in [0.4, 0.5) is 0 Å². The molecule has 1 N–H and O–H groups in total. The van der Waals surface area contributed by atoms with Gasteiger partial charge in [0.2, 0.25) is 0 Å². The molecule has 0 spiro atoms. The monoisotopic (exact) mass is 366 g/mol. The summed E-state index contributed by atoms with van der Waals surface area (Å²) in [4.78, 5) is 9.23. The number of rotatable bonds is 4. The summed E-state index contributed by atoms with van der Waals surface area (Å²) in [6.45, 7) is 2.76. The van der Waals surface area contributed by atoms with Crippen LogP contribution in [0.2, 0.25) is 0 Å². The fourth-order valence-corrected chi connectivity index (χ4v) is 3.33. The highest BCUT2D eigenvalue weighted by Gasteiger charge is 2.17. The molecule has 5 aromatic rings. The van der Waals surface area contributed by atoms with Crippen LogP contribution in [-0.2, 0) is 6.54 Å². The number of nitrogens with zero attached hydrogens (tertiary/aromatic N) is 5. The lowest BCUT2D eigenvalue weighted by atomic mass is 10.1. The van der Waals surface area contributed by atoms with E-state index in [1.807, 2.05) is 59.3 Å². The summed E-state index contributed by atoms with van der Waals surface area (Å²) in [6.07, 6.45) is 1.79. The van der Waals surface area contributed by atoms with E-state index in [2.05, 4.69) is 39.2 Å². The van der Waals surface area contributed by atoms with Crippen LogP contribution in [0.1, 0.15) is 11.1 Å². The van der Waals surface area contributed by atoms with Crippen molar-refractivity contribution in [2.75, 3.05) is 0 Å². The summed E-state index contributed by atoms with van der Waals surface area (Å²) in [7, 11) is 0. The smallest absolute Gasteiger partial charge is 0.181 e. The van der Waals surface area contributed by atoms with Crippen molar-refractivity contribution < 1.29 is 0 Å². The predicted molar refractivity (Wildman–Crippen MR) is 109 cm³/mol. The van der Waals surface area contributed by atoms with E-state index in [0.29, 0.717) is 18.2 Å². The van der Waals surface area contributed by atoms with Gasteiger partial charge in [-0.2, -0.15) is 10.2 Å². The molecule has 0 aliphatic rings. The van der Waals surface area contributed by atoms with E-state index in [1.54, 1.807) is 6.20 Å². The first-order chi connectivity index (χ1) is 13.8. The highest BCUT2D eigenvalue weighted by atomic mass is 15.3. The molecule has 28 heavy (non-hydrogen) atoms. The van der Waals surface area contributed by atoms with E-state index in [1.165, 1.54) is 11.1 Å². The van der Waals surface area contributed by atoms with Crippen molar-refractivity contribution in [2.45, 2.75) is 13.5 Å². The van der Waals surface area contributed by atoms with Gasteiger partial charge in [0.25, 0.3) is 0 Å². The van der Waals surface area contributed by atoms with Crippen molar-refractivity contribution in [3.05, 3.63) is 84.1 Å². The molecule has 3 aromatic heterocycles. The minimum Gasteiger partial charge on any atom is -0.257 e. The molecule has 6 nitrogen and oxygen atoms in total. The minimum absolute atomic E-state index is 0.639. The van der Waals surface area contributed by atoms with E-state index >= 15 is 0 Å². The van der Waals surface area contributed by atoms with Gasteiger partial charge in [0.15, 0.2) is 17.3 Å². The van der Waals surface area contributed by atoms with Gasteiger partial charge in [-0.05, 0) is 30.2 Å². The first kappa shape index (κ1) is 16.4. The van der Waals surface area contributed by atoms with Gasteiger partial charge >= 0.3 is 0 Å². The fraction of sp³-hybridized carbons (Fsp3) is 0.0909. The minimum atomic E-state index is 0.639. The highest BCUT2D eigenvalue weighted by Crippen LogP contribution is 2.26. The second kappa shape index (κ2) is 6.74. The summed E-state index contributed by atoms with van der Waals surface area (Å²) < 4.78 is 1.93. The molecule has 0 bridgehead atoms. The van der Waals surface area contributed by atoms with Crippen molar-refractivity contribution >= 4 is 11.0 Å². The SMILES string of the molecule is Cc1ccccc1Cn1nc(-c2nc(-c3ccccc3)n[nH]2)c2cccnc21. The number of H-pyrrole nitrogens is 1. The zero-order valence-corrected chi connectivity index (χ0v) is 15.4. The lowest BCUT2D eigenvalue weighted by Gasteiger charge is -2.06. The van der Waals surface area contributed by atoms with Gasteiger partial charge in [-0.3, -0.25) is 5.10 Å². The first-order valence-corrected chi connectivity index (χ1v) is 9.14. The normalized spacial score (nSPS) is 11.2.